The number of phenolic OH excluding ortho intramolecular Hbond substituents is 1. The SMILES string of the molecule is Cc1cc(O)c2c(c1)[C@H](O[C@@H]1O[C@H](CO)[C@@H](O)[C@H](O)[C@H]1O)c1cccc(O[C@@H]3O[C@H](CO)[C@@H](O)[C@H](O)[C@H]3O)c1C2=O. The van der Waals surface area contributed by atoms with E-state index in [0.29, 0.717) is 5.56 Å². The van der Waals surface area contributed by atoms with E-state index in [-0.39, 0.29) is 33.8 Å². The highest BCUT2D eigenvalue weighted by Gasteiger charge is 2.48. The third-order valence-corrected chi connectivity index (χ3v) is 7.58. The van der Waals surface area contributed by atoms with Crippen molar-refractivity contribution in [3.63, 3.8) is 0 Å². The first kappa shape index (κ1) is 29.8. The van der Waals surface area contributed by atoms with Crippen molar-refractivity contribution in [1.29, 1.82) is 0 Å². The van der Waals surface area contributed by atoms with Gasteiger partial charge in [-0.3, -0.25) is 4.79 Å². The maximum Gasteiger partial charge on any atom is 0.229 e. The van der Waals surface area contributed by atoms with E-state index >= 15 is 0 Å². The number of hydrogen-bond acceptors (Lipinski definition) is 14. The van der Waals surface area contributed by atoms with Gasteiger partial charge in [0.15, 0.2) is 6.29 Å². The highest BCUT2D eigenvalue weighted by molar-refractivity contribution is 6.16. The predicted molar refractivity (Wildman–Crippen MR) is 134 cm³/mol. The van der Waals surface area contributed by atoms with E-state index in [1.165, 1.54) is 24.3 Å². The molecule has 0 amide bonds. The average Bonchev–Trinajstić information content (AvgIpc) is 2.94. The molecule has 0 radical (unpaired) electrons. The molecule has 9 N–H and O–H groups in total. The summed E-state index contributed by atoms with van der Waals surface area (Å²) in [4.78, 5) is 13.8. The van der Waals surface area contributed by atoms with Crippen LogP contribution >= 0.6 is 0 Å². The van der Waals surface area contributed by atoms with Crippen LogP contribution in [-0.2, 0) is 14.2 Å². The fourth-order valence-corrected chi connectivity index (χ4v) is 5.40. The second-order valence-corrected chi connectivity index (χ2v) is 10.3. The van der Waals surface area contributed by atoms with Gasteiger partial charge in [-0.15, -0.1) is 0 Å². The quantitative estimate of drug-likeness (QED) is 0.170. The van der Waals surface area contributed by atoms with E-state index in [1.807, 2.05) is 0 Å². The van der Waals surface area contributed by atoms with Crippen molar-refractivity contribution in [1.82, 2.24) is 0 Å². The summed E-state index contributed by atoms with van der Waals surface area (Å²) in [5.74, 6) is -1.24. The van der Waals surface area contributed by atoms with Crippen molar-refractivity contribution < 1.29 is 69.7 Å². The molecule has 11 atom stereocenters. The van der Waals surface area contributed by atoms with Crippen LogP contribution in [0.15, 0.2) is 30.3 Å². The highest BCUT2D eigenvalue weighted by atomic mass is 16.7. The molecule has 1 aliphatic carbocycles. The molecule has 14 heteroatoms. The largest absolute Gasteiger partial charge is 0.507 e. The lowest BCUT2D eigenvalue weighted by Gasteiger charge is -2.42. The first-order valence-electron chi connectivity index (χ1n) is 12.9. The first-order chi connectivity index (χ1) is 19.5. The number of phenols is 1. The zero-order valence-corrected chi connectivity index (χ0v) is 21.7. The monoisotopic (exact) mass is 580 g/mol. The topological polar surface area (TPSA) is 236 Å². The fourth-order valence-electron chi connectivity index (χ4n) is 5.40. The summed E-state index contributed by atoms with van der Waals surface area (Å²) < 4.78 is 22.8. The fraction of sp³-hybridized carbons (Fsp3) is 0.519. The number of aromatic hydroxyl groups is 1. The number of ether oxygens (including phenoxy) is 4. The van der Waals surface area contributed by atoms with Crippen molar-refractivity contribution in [2.75, 3.05) is 13.2 Å². The lowest BCUT2D eigenvalue weighted by molar-refractivity contribution is -0.309. The summed E-state index contributed by atoms with van der Waals surface area (Å²) in [6.07, 6.45) is -17.3. The van der Waals surface area contributed by atoms with Crippen LogP contribution in [0.25, 0.3) is 0 Å². The third kappa shape index (κ3) is 5.11. The van der Waals surface area contributed by atoms with Gasteiger partial charge in [-0.25, -0.2) is 0 Å². The van der Waals surface area contributed by atoms with Crippen LogP contribution in [0.5, 0.6) is 11.5 Å². The number of aliphatic hydroxyl groups excluding tert-OH is 8. The van der Waals surface area contributed by atoms with Crippen molar-refractivity contribution >= 4 is 5.78 Å². The Labute approximate surface area is 233 Å². The second kappa shape index (κ2) is 11.5. The summed E-state index contributed by atoms with van der Waals surface area (Å²) in [5, 5.41) is 91.7. The molecule has 2 saturated heterocycles. The summed E-state index contributed by atoms with van der Waals surface area (Å²) in [6, 6.07) is 7.28. The van der Waals surface area contributed by atoms with E-state index in [1.54, 1.807) is 13.0 Å². The van der Waals surface area contributed by atoms with Gasteiger partial charge in [0, 0.05) is 11.1 Å². The molecule has 0 saturated carbocycles. The molecule has 0 bridgehead atoms. The van der Waals surface area contributed by atoms with Gasteiger partial charge in [0.2, 0.25) is 12.1 Å². The first-order valence-corrected chi connectivity index (χ1v) is 12.9. The third-order valence-electron chi connectivity index (χ3n) is 7.58. The zero-order valence-electron chi connectivity index (χ0n) is 21.7. The number of carbonyl (C=O) groups is 1. The lowest BCUT2D eigenvalue weighted by atomic mass is 9.81. The molecule has 41 heavy (non-hydrogen) atoms. The maximum absolute atomic E-state index is 13.8. The van der Waals surface area contributed by atoms with E-state index in [4.69, 9.17) is 18.9 Å². The van der Waals surface area contributed by atoms with Crippen LogP contribution in [0, 0.1) is 6.92 Å². The molecule has 14 nitrogen and oxygen atoms in total. The number of aryl methyl sites for hydroxylation is 1. The Morgan fingerprint density at radius 2 is 1.34 bits per heavy atom. The van der Waals surface area contributed by atoms with Gasteiger partial charge in [-0.1, -0.05) is 18.2 Å². The van der Waals surface area contributed by atoms with Gasteiger partial charge in [-0.05, 0) is 24.6 Å². The lowest BCUT2D eigenvalue weighted by Crippen LogP contribution is -2.60. The molecule has 0 unspecified atom stereocenters. The Morgan fingerprint density at radius 3 is 1.95 bits per heavy atom. The molecule has 3 aliphatic rings. The van der Waals surface area contributed by atoms with Crippen molar-refractivity contribution in [3.05, 3.63) is 58.1 Å². The second-order valence-electron chi connectivity index (χ2n) is 10.3. The molecule has 2 aromatic rings. The molecule has 0 aromatic heterocycles. The van der Waals surface area contributed by atoms with E-state index < -0.39 is 86.5 Å². The molecule has 2 aliphatic heterocycles. The number of benzene rings is 2. The standard InChI is InChI=1S/C27H32O14/c1-9-5-11-16(12(30)6-9)20(33)17-10(25(11)41-27-24(37)22(35)19(32)15(8-29)40-27)3-2-4-13(17)38-26-23(36)21(34)18(31)14(7-28)39-26/h2-6,14-15,18-19,21-32,34-37H,7-8H2,1H3/t14-,15-,18-,19-,21+,22+,23-,24-,25-,26-,27+/m1/s1. The van der Waals surface area contributed by atoms with Crippen molar-refractivity contribution in [2.24, 2.45) is 0 Å². The highest BCUT2D eigenvalue weighted by Crippen LogP contribution is 2.46. The Kier molecular flexibility index (Phi) is 8.35. The molecule has 224 valence electrons. The predicted octanol–water partition coefficient (Wildman–Crippen LogP) is -2.67. The number of fused-ring (bicyclic) bond motifs is 2. The smallest absolute Gasteiger partial charge is 0.229 e. The molecule has 5 rings (SSSR count). The number of carbonyl (C=O) groups excluding carboxylic acids is 1. The van der Waals surface area contributed by atoms with Crippen LogP contribution in [0.1, 0.15) is 38.7 Å². The Hall–Kier alpha value is -2.73. The van der Waals surface area contributed by atoms with E-state index in [9.17, 15) is 50.8 Å². The molecule has 2 fully saturated rings. The minimum Gasteiger partial charge on any atom is -0.507 e. The van der Waals surface area contributed by atoms with Crippen molar-refractivity contribution in [3.8, 4) is 11.5 Å². The Morgan fingerprint density at radius 1 is 0.756 bits per heavy atom. The van der Waals surface area contributed by atoms with Gasteiger partial charge >= 0.3 is 0 Å². The normalized spacial score (nSPS) is 36.9. The van der Waals surface area contributed by atoms with Crippen molar-refractivity contribution in [2.45, 2.75) is 74.4 Å². The van der Waals surface area contributed by atoms with E-state index in [2.05, 4.69) is 0 Å². The van der Waals surface area contributed by atoms with Crippen LogP contribution < -0.4 is 4.74 Å². The summed E-state index contributed by atoms with van der Waals surface area (Å²) in [7, 11) is 0. The summed E-state index contributed by atoms with van der Waals surface area (Å²) in [6.45, 7) is 0.272. The molecular formula is C27H32O14. The zero-order chi connectivity index (χ0) is 29.7. The van der Waals surface area contributed by atoms with E-state index in [0.717, 1.165) is 0 Å². The van der Waals surface area contributed by atoms with Crippen LogP contribution in [0.4, 0.5) is 0 Å². The van der Waals surface area contributed by atoms with Crippen LogP contribution in [-0.4, -0.2) is 126 Å². The van der Waals surface area contributed by atoms with Crippen LogP contribution in [0.2, 0.25) is 0 Å². The summed E-state index contributed by atoms with van der Waals surface area (Å²) in [5.41, 5.74) is 0.635. The minimum atomic E-state index is -1.77. The van der Waals surface area contributed by atoms with Crippen LogP contribution in [0.3, 0.4) is 0 Å². The summed E-state index contributed by atoms with van der Waals surface area (Å²) >= 11 is 0. The molecule has 2 aromatic carbocycles. The molecule has 2 heterocycles. The Bertz CT molecular complexity index is 1280. The van der Waals surface area contributed by atoms with Gasteiger partial charge in [0.25, 0.3) is 0 Å². The number of hydrogen-bond donors (Lipinski definition) is 9. The van der Waals surface area contributed by atoms with Gasteiger partial charge in [0.05, 0.1) is 24.3 Å². The van der Waals surface area contributed by atoms with Gasteiger partial charge < -0.3 is 64.9 Å². The Balaban J connectivity index is 1.57. The maximum atomic E-state index is 13.8. The average molecular weight is 581 g/mol. The minimum absolute atomic E-state index is 0.134. The number of rotatable bonds is 6. The molecular weight excluding hydrogens is 548 g/mol. The number of aliphatic hydroxyl groups is 8. The van der Waals surface area contributed by atoms with Gasteiger partial charge in [-0.2, -0.15) is 0 Å². The van der Waals surface area contributed by atoms with Gasteiger partial charge in [0.1, 0.15) is 66.4 Å². The molecule has 0 spiro atoms. The number of ketones is 1.